The summed E-state index contributed by atoms with van der Waals surface area (Å²) in [6.45, 7) is 0.696. The molecule has 3 nitrogen and oxygen atoms in total. The monoisotopic (exact) mass is 301 g/mol. The molecule has 0 saturated heterocycles. The van der Waals surface area contributed by atoms with Gasteiger partial charge in [0.25, 0.3) is 0 Å². The molecule has 8 heavy (non-hydrogen) atoms. The van der Waals surface area contributed by atoms with E-state index in [0.29, 0.717) is 13.2 Å². The normalized spacial score (nSPS) is 8.25. The van der Waals surface area contributed by atoms with Gasteiger partial charge in [0, 0.05) is 21.1 Å². The smallest absolute Gasteiger partial charge is 0.0698 e. The van der Waals surface area contributed by atoms with Gasteiger partial charge in [-0.15, -0.1) is 0 Å². The molecule has 0 aromatic carbocycles. The van der Waals surface area contributed by atoms with Crippen molar-refractivity contribution >= 4 is 0 Å². The Bertz CT molecular complexity index is 30.5. The molecule has 2 N–H and O–H groups in total. The van der Waals surface area contributed by atoms with E-state index in [9.17, 15) is 0 Å². The fourth-order valence-electron chi connectivity index (χ4n) is 0.231. The number of hydrogen-bond donors (Lipinski definition) is 2. The van der Waals surface area contributed by atoms with Crippen LogP contribution in [-0.2, 0) is 25.8 Å². The molecular weight excluding hydrogens is 291 g/mol. The molecule has 0 rings (SSSR count). The van der Waals surface area contributed by atoms with Crippen LogP contribution in [0.1, 0.15) is 0 Å². The van der Waals surface area contributed by atoms with Crippen LogP contribution in [0.3, 0.4) is 0 Å². The molecule has 0 aliphatic heterocycles. The minimum atomic E-state index is 0. The Hall–Kier alpha value is 0.568. The molecule has 0 fully saturated rings. The molecule has 0 aromatic heterocycles. The number of hydrogen-bond acceptors (Lipinski definition) is 3. The van der Waals surface area contributed by atoms with Gasteiger partial charge in [0.05, 0.1) is 26.4 Å². The summed E-state index contributed by atoms with van der Waals surface area (Å²) in [5.41, 5.74) is 0. The van der Waals surface area contributed by atoms with Crippen LogP contribution in [0, 0.1) is 0 Å². The zero-order valence-corrected chi connectivity index (χ0v) is 6.72. The van der Waals surface area contributed by atoms with E-state index in [-0.39, 0.29) is 34.3 Å². The van der Waals surface area contributed by atoms with Crippen LogP contribution in [0.4, 0.5) is 0 Å². The SMILES string of the molecule is OCCOCCO.[Pt]. The Morgan fingerprint density at radius 2 is 1.38 bits per heavy atom. The van der Waals surface area contributed by atoms with E-state index in [4.69, 9.17) is 10.2 Å². The zero-order chi connectivity index (χ0) is 5.54. The molecule has 0 unspecified atom stereocenters. The molecule has 0 aliphatic carbocycles. The van der Waals surface area contributed by atoms with Gasteiger partial charge < -0.3 is 14.9 Å². The van der Waals surface area contributed by atoms with Crippen molar-refractivity contribution in [3.63, 3.8) is 0 Å². The second-order valence-corrected chi connectivity index (χ2v) is 1.06. The second-order valence-electron chi connectivity index (χ2n) is 1.06. The van der Waals surface area contributed by atoms with E-state index in [1.807, 2.05) is 0 Å². The van der Waals surface area contributed by atoms with Gasteiger partial charge in [0.1, 0.15) is 0 Å². The predicted octanol–water partition coefficient (Wildman–Crippen LogP) is -1.01. The molecule has 0 atom stereocenters. The minimum absolute atomic E-state index is 0. The van der Waals surface area contributed by atoms with E-state index in [0.717, 1.165) is 0 Å². The van der Waals surface area contributed by atoms with Crippen LogP contribution in [0.2, 0.25) is 0 Å². The fourth-order valence-corrected chi connectivity index (χ4v) is 0.231. The quantitative estimate of drug-likeness (QED) is 0.654. The molecule has 54 valence electrons. The molecule has 0 heterocycles. The van der Waals surface area contributed by atoms with Gasteiger partial charge in [0.2, 0.25) is 0 Å². The van der Waals surface area contributed by atoms with Crippen LogP contribution in [0.15, 0.2) is 0 Å². The van der Waals surface area contributed by atoms with Crippen LogP contribution in [0.5, 0.6) is 0 Å². The molecule has 0 aliphatic rings. The minimum Gasteiger partial charge on any atom is -0.394 e. The Kier molecular flexibility index (Phi) is 15.0. The van der Waals surface area contributed by atoms with E-state index in [1.54, 1.807) is 0 Å². The van der Waals surface area contributed by atoms with Crippen molar-refractivity contribution in [3.8, 4) is 0 Å². The van der Waals surface area contributed by atoms with Gasteiger partial charge in [-0.25, -0.2) is 0 Å². The molecule has 0 amide bonds. The molecule has 0 radical (unpaired) electrons. The maximum Gasteiger partial charge on any atom is 0.0698 e. The summed E-state index contributed by atoms with van der Waals surface area (Å²) in [4.78, 5) is 0. The molecule has 0 aromatic rings. The summed E-state index contributed by atoms with van der Waals surface area (Å²) in [7, 11) is 0. The third-order valence-corrected chi connectivity index (χ3v) is 0.471. The summed E-state index contributed by atoms with van der Waals surface area (Å²) in [5, 5.41) is 16.2. The van der Waals surface area contributed by atoms with E-state index in [2.05, 4.69) is 4.74 Å². The van der Waals surface area contributed by atoms with Crippen LogP contribution >= 0.6 is 0 Å². The summed E-state index contributed by atoms with van der Waals surface area (Å²) in [6.07, 6.45) is 0. The number of ether oxygens (including phenoxy) is 1. The van der Waals surface area contributed by atoms with Crippen LogP contribution in [-0.4, -0.2) is 36.6 Å². The van der Waals surface area contributed by atoms with Crippen molar-refractivity contribution in [1.29, 1.82) is 0 Å². The Morgan fingerprint density at radius 3 is 1.62 bits per heavy atom. The molecule has 4 heteroatoms. The van der Waals surface area contributed by atoms with E-state index in [1.165, 1.54) is 0 Å². The fraction of sp³-hybridized carbons (Fsp3) is 1.00. The van der Waals surface area contributed by atoms with Crippen LogP contribution < -0.4 is 0 Å². The number of aliphatic hydroxyl groups excluding tert-OH is 2. The average Bonchev–Trinajstić information content (AvgIpc) is 1.69. The van der Waals surface area contributed by atoms with Gasteiger partial charge >= 0.3 is 0 Å². The topological polar surface area (TPSA) is 49.7 Å². The predicted molar refractivity (Wildman–Crippen MR) is 25.0 cm³/mol. The van der Waals surface area contributed by atoms with Gasteiger partial charge in [-0.2, -0.15) is 0 Å². The number of rotatable bonds is 4. The van der Waals surface area contributed by atoms with E-state index < -0.39 is 0 Å². The van der Waals surface area contributed by atoms with Crippen molar-refractivity contribution in [2.45, 2.75) is 0 Å². The van der Waals surface area contributed by atoms with Gasteiger partial charge in [-0.1, -0.05) is 0 Å². The summed E-state index contributed by atoms with van der Waals surface area (Å²) < 4.78 is 4.63. The zero-order valence-electron chi connectivity index (χ0n) is 4.45. The van der Waals surface area contributed by atoms with Crippen molar-refractivity contribution in [2.24, 2.45) is 0 Å². The summed E-state index contributed by atoms with van der Waals surface area (Å²) in [5.74, 6) is 0. The first-order valence-electron chi connectivity index (χ1n) is 2.21. The Labute approximate surface area is 62.9 Å². The summed E-state index contributed by atoms with van der Waals surface area (Å²) in [6, 6.07) is 0. The van der Waals surface area contributed by atoms with Crippen LogP contribution in [0.25, 0.3) is 0 Å². The molecule has 0 bridgehead atoms. The molecule has 0 spiro atoms. The molecule has 0 saturated carbocycles. The first-order valence-corrected chi connectivity index (χ1v) is 2.21. The average molecular weight is 301 g/mol. The standard InChI is InChI=1S/C4H10O3.Pt/c5-1-3-7-4-2-6;/h5-6H,1-4H2;. The van der Waals surface area contributed by atoms with Crippen molar-refractivity contribution < 1.29 is 36.0 Å². The molecular formula is C4H10O3Pt. The first-order chi connectivity index (χ1) is 3.41. The third kappa shape index (κ3) is 9.76. The number of aliphatic hydroxyl groups is 2. The van der Waals surface area contributed by atoms with Gasteiger partial charge in [0.15, 0.2) is 0 Å². The maximum atomic E-state index is 8.09. The van der Waals surface area contributed by atoms with Gasteiger partial charge in [-0.3, -0.25) is 0 Å². The third-order valence-electron chi connectivity index (χ3n) is 0.471. The van der Waals surface area contributed by atoms with Crippen molar-refractivity contribution in [1.82, 2.24) is 0 Å². The first kappa shape index (κ1) is 11.4. The largest absolute Gasteiger partial charge is 0.394 e. The van der Waals surface area contributed by atoms with Gasteiger partial charge in [-0.05, 0) is 0 Å². The van der Waals surface area contributed by atoms with E-state index >= 15 is 0 Å². The summed E-state index contributed by atoms with van der Waals surface area (Å²) >= 11 is 0. The Balaban J connectivity index is 0. The van der Waals surface area contributed by atoms with Crippen molar-refractivity contribution in [3.05, 3.63) is 0 Å². The maximum absolute atomic E-state index is 8.09. The van der Waals surface area contributed by atoms with Crippen molar-refractivity contribution in [2.75, 3.05) is 26.4 Å². The Morgan fingerprint density at radius 1 is 1.00 bits per heavy atom. The second kappa shape index (κ2) is 10.5.